The topological polar surface area (TPSA) is 320 Å². The summed E-state index contributed by atoms with van der Waals surface area (Å²) < 4.78 is 25.7. The lowest BCUT2D eigenvalue weighted by Crippen LogP contribution is -2.39. The maximum atomic E-state index is 12.7. The van der Waals surface area contributed by atoms with Crippen LogP contribution in [0.2, 0.25) is 0 Å². The third-order valence-electron chi connectivity index (χ3n) is 12.6. The van der Waals surface area contributed by atoms with Crippen LogP contribution in [0.1, 0.15) is 94.4 Å². The van der Waals surface area contributed by atoms with Crippen LogP contribution in [-0.2, 0) is 6.42 Å². The summed E-state index contributed by atoms with van der Waals surface area (Å²) in [4.78, 5) is 0. The molecule has 0 bridgehead atoms. The number of fused-ring (bicyclic) bond motifs is 3. The maximum absolute atomic E-state index is 12.7. The van der Waals surface area contributed by atoms with Crippen molar-refractivity contribution in [1.29, 1.82) is 0 Å². The number of benzene rings is 6. The fourth-order valence-electron chi connectivity index (χ4n) is 9.37. The average molecular weight is 923 g/mol. The summed E-state index contributed by atoms with van der Waals surface area (Å²) in [6, 6.07) is 15.3. The van der Waals surface area contributed by atoms with E-state index < -0.39 is 112 Å². The zero-order chi connectivity index (χ0) is 47.7. The summed E-state index contributed by atoms with van der Waals surface area (Å²) in [6.45, 7) is 1.95. The number of ether oxygens (including phenoxy) is 4. The molecule has 3 aliphatic rings. The lowest BCUT2D eigenvalue weighted by molar-refractivity contribution is -0.00575. The van der Waals surface area contributed by atoms with Crippen LogP contribution in [0.15, 0.2) is 78.9 Å². The number of hydrogen-bond donors (Lipinski definition) is 14. The van der Waals surface area contributed by atoms with E-state index in [0.29, 0.717) is 12.8 Å². The van der Waals surface area contributed by atoms with Gasteiger partial charge in [0, 0.05) is 58.5 Å². The Balaban J connectivity index is 1.34. The first-order chi connectivity index (χ1) is 32.0. The van der Waals surface area contributed by atoms with E-state index in [4.69, 9.17) is 18.9 Å². The SMILES string of the molecule is CCCCOc1cc(O)c2c(c1C1c3c(O)cc(O)cc3OC(c3ccc(O)c(O)c3)C1O)OC(c1ccc(O)c(O)c1)C(O)C2c1c(O)cc(O)c2c1OC(c1ccc(O)c(O)c1)C(O)C2. The van der Waals surface area contributed by atoms with Crippen molar-refractivity contribution in [1.82, 2.24) is 0 Å². The minimum absolute atomic E-state index is 0.0312. The molecule has 6 aromatic carbocycles. The average Bonchev–Trinajstić information content (AvgIpc) is 3.27. The van der Waals surface area contributed by atoms with Gasteiger partial charge in [-0.2, -0.15) is 0 Å². The Hall–Kier alpha value is -7.80. The van der Waals surface area contributed by atoms with Gasteiger partial charge in [-0.3, -0.25) is 0 Å². The molecular formula is C49H46O18. The second-order valence-corrected chi connectivity index (χ2v) is 16.8. The van der Waals surface area contributed by atoms with Gasteiger partial charge in [-0.15, -0.1) is 0 Å². The molecular weight excluding hydrogens is 877 g/mol. The largest absolute Gasteiger partial charge is 0.508 e. The van der Waals surface area contributed by atoms with E-state index >= 15 is 0 Å². The molecule has 0 aromatic heterocycles. The highest BCUT2D eigenvalue weighted by molar-refractivity contribution is 5.71. The molecule has 3 heterocycles. The molecule has 350 valence electrons. The van der Waals surface area contributed by atoms with Crippen LogP contribution in [0.4, 0.5) is 0 Å². The number of phenols is 11. The van der Waals surface area contributed by atoms with Gasteiger partial charge in [0.25, 0.3) is 0 Å². The summed E-state index contributed by atoms with van der Waals surface area (Å²) in [5.74, 6) is -9.91. The molecule has 0 amide bonds. The number of hydrogen-bond acceptors (Lipinski definition) is 18. The van der Waals surface area contributed by atoms with Crippen LogP contribution < -0.4 is 18.9 Å². The first kappa shape index (κ1) is 44.4. The Bertz CT molecular complexity index is 2920. The van der Waals surface area contributed by atoms with Crippen molar-refractivity contribution in [2.75, 3.05) is 6.61 Å². The van der Waals surface area contributed by atoms with Crippen molar-refractivity contribution >= 4 is 0 Å². The van der Waals surface area contributed by atoms with Crippen molar-refractivity contribution in [3.05, 3.63) is 123 Å². The van der Waals surface area contributed by atoms with Crippen molar-refractivity contribution in [2.24, 2.45) is 0 Å². The van der Waals surface area contributed by atoms with Crippen molar-refractivity contribution < 1.29 is 90.4 Å². The molecule has 8 atom stereocenters. The molecule has 0 fully saturated rings. The van der Waals surface area contributed by atoms with Gasteiger partial charge in [-0.25, -0.2) is 0 Å². The van der Waals surface area contributed by atoms with E-state index in [9.17, 15) is 71.5 Å². The summed E-state index contributed by atoms with van der Waals surface area (Å²) in [6.07, 6.45) is -8.50. The van der Waals surface area contributed by atoms with E-state index in [1.807, 2.05) is 6.92 Å². The molecule has 0 saturated carbocycles. The minimum atomic E-state index is -1.86. The summed E-state index contributed by atoms with van der Waals surface area (Å²) >= 11 is 0. The lowest BCUT2D eigenvalue weighted by Gasteiger charge is -2.43. The predicted octanol–water partition coefficient (Wildman–Crippen LogP) is 5.92. The normalized spacial score (nSPS) is 22.9. The maximum Gasteiger partial charge on any atom is 0.157 e. The molecule has 0 spiro atoms. The number of rotatable bonds is 9. The number of aromatic hydroxyl groups is 11. The number of aliphatic hydroxyl groups is 3. The van der Waals surface area contributed by atoms with Crippen LogP contribution in [-0.4, -0.2) is 96.4 Å². The Morgan fingerprint density at radius 3 is 1.54 bits per heavy atom. The highest BCUT2D eigenvalue weighted by Gasteiger charge is 2.51. The first-order valence-electron chi connectivity index (χ1n) is 21.2. The van der Waals surface area contributed by atoms with Gasteiger partial charge in [0.1, 0.15) is 70.1 Å². The zero-order valence-corrected chi connectivity index (χ0v) is 35.3. The molecule has 18 heteroatoms. The molecule has 0 radical (unpaired) electrons. The third-order valence-corrected chi connectivity index (χ3v) is 12.6. The fourth-order valence-corrected chi connectivity index (χ4v) is 9.37. The molecule has 0 saturated heterocycles. The van der Waals surface area contributed by atoms with Crippen LogP contribution in [0.5, 0.6) is 86.2 Å². The molecule has 3 aliphatic heterocycles. The Morgan fingerprint density at radius 1 is 0.478 bits per heavy atom. The Morgan fingerprint density at radius 2 is 0.970 bits per heavy atom. The number of phenolic OH excluding ortho intramolecular Hbond substituents is 11. The zero-order valence-electron chi connectivity index (χ0n) is 35.3. The van der Waals surface area contributed by atoms with Gasteiger partial charge in [-0.05, 0) is 59.5 Å². The fraction of sp³-hybridized carbons (Fsp3) is 0.265. The van der Waals surface area contributed by atoms with Crippen LogP contribution in [0.3, 0.4) is 0 Å². The molecule has 0 aliphatic carbocycles. The van der Waals surface area contributed by atoms with E-state index in [2.05, 4.69) is 0 Å². The molecule has 8 unspecified atom stereocenters. The standard InChI is InChI=1S/C49H46O18/c1-2-3-10-64-35-18-33(60)39-42(38-32(59)17-27(54)23-16-34(61)45(66-48(23)38)19-4-7-24(51)28(55)11-19)44(63)47(21-6-9-26(53)30(57)13-21)67-49(39)40(35)41-37-31(58)14-22(50)15-36(37)65-46(43(41)62)20-5-8-25(52)29(56)12-20/h4-9,11-15,17-18,34,41-47,50-63H,2-3,10,16H2,1H3. The van der Waals surface area contributed by atoms with Gasteiger partial charge < -0.3 is 90.4 Å². The number of unbranched alkanes of at least 4 members (excludes halogenated alkanes) is 1. The first-order valence-corrected chi connectivity index (χ1v) is 21.2. The van der Waals surface area contributed by atoms with Crippen molar-refractivity contribution in [3.8, 4) is 86.2 Å². The molecule has 14 N–H and O–H groups in total. The summed E-state index contributed by atoms with van der Waals surface area (Å²) in [5, 5.41) is 157. The molecule has 67 heavy (non-hydrogen) atoms. The number of aliphatic hydroxyl groups excluding tert-OH is 3. The molecule has 9 rings (SSSR count). The predicted molar refractivity (Wildman–Crippen MR) is 233 cm³/mol. The van der Waals surface area contributed by atoms with Gasteiger partial charge in [0.05, 0.1) is 24.5 Å². The van der Waals surface area contributed by atoms with Crippen molar-refractivity contribution in [3.63, 3.8) is 0 Å². The van der Waals surface area contributed by atoms with Crippen molar-refractivity contribution in [2.45, 2.75) is 74.6 Å². The Kier molecular flexibility index (Phi) is 11.2. The molecule has 6 aromatic rings. The van der Waals surface area contributed by atoms with E-state index in [-0.39, 0.29) is 80.5 Å². The van der Waals surface area contributed by atoms with Crippen LogP contribution in [0, 0.1) is 0 Å². The van der Waals surface area contributed by atoms with Gasteiger partial charge >= 0.3 is 0 Å². The third kappa shape index (κ3) is 7.53. The van der Waals surface area contributed by atoms with E-state index in [0.717, 1.165) is 36.4 Å². The smallest absolute Gasteiger partial charge is 0.157 e. The van der Waals surface area contributed by atoms with E-state index in [1.54, 1.807) is 0 Å². The lowest BCUT2D eigenvalue weighted by atomic mass is 9.73. The molecule has 18 nitrogen and oxygen atoms in total. The van der Waals surface area contributed by atoms with E-state index in [1.165, 1.54) is 42.5 Å². The quantitative estimate of drug-likeness (QED) is 0.0591. The van der Waals surface area contributed by atoms with Gasteiger partial charge in [0.2, 0.25) is 0 Å². The monoisotopic (exact) mass is 922 g/mol. The minimum Gasteiger partial charge on any atom is -0.508 e. The summed E-state index contributed by atoms with van der Waals surface area (Å²) in [7, 11) is 0. The highest BCUT2D eigenvalue weighted by atomic mass is 16.5. The summed E-state index contributed by atoms with van der Waals surface area (Å²) in [5.41, 5.74) is -0.371. The highest BCUT2D eigenvalue weighted by Crippen LogP contribution is 2.62. The second kappa shape index (κ2) is 16.9. The van der Waals surface area contributed by atoms with Crippen LogP contribution in [0.25, 0.3) is 0 Å². The van der Waals surface area contributed by atoms with Crippen LogP contribution >= 0.6 is 0 Å². The second-order valence-electron chi connectivity index (χ2n) is 16.8. The van der Waals surface area contributed by atoms with Gasteiger partial charge in [-0.1, -0.05) is 31.5 Å². The Labute approximate surface area is 380 Å². The van der Waals surface area contributed by atoms with Gasteiger partial charge in [0.15, 0.2) is 46.7 Å².